The van der Waals surface area contributed by atoms with Crippen LogP contribution >= 0.6 is 15.9 Å². The van der Waals surface area contributed by atoms with Gasteiger partial charge in [-0.15, -0.1) is 5.73 Å². The van der Waals surface area contributed by atoms with Crippen LogP contribution in [0.5, 0.6) is 0 Å². The Labute approximate surface area is 118 Å². The van der Waals surface area contributed by atoms with Gasteiger partial charge in [0.15, 0.2) is 0 Å². The lowest BCUT2D eigenvalue weighted by Gasteiger charge is -2.26. The van der Waals surface area contributed by atoms with Crippen molar-refractivity contribution in [1.82, 2.24) is 0 Å². The van der Waals surface area contributed by atoms with E-state index in [0.29, 0.717) is 0 Å². The molecule has 98 valence electrons. The van der Waals surface area contributed by atoms with Gasteiger partial charge >= 0.3 is 0 Å². The van der Waals surface area contributed by atoms with Crippen molar-refractivity contribution in [2.24, 2.45) is 4.99 Å². The van der Waals surface area contributed by atoms with E-state index in [-0.39, 0.29) is 0 Å². The highest BCUT2D eigenvalue weighted by Crippen LogP contribution is 2.25. The van der Waals surface area contributed by atoms with Gasteiger partial charge in [-0.2, -0.15) is 0 Å². The van der Waals surface area contributed by atoms with Crippen molar-refractivity contribution < 1.29 is 5.11 Å². The molecule has 2 nitrogen and oxygen atoms in total. The molecule has 3 heteroatoms. The highest BCUT2D eigenvalue weighted by Gasteiger charge is 2.29. The van der Waals surface area contributed by atoms with E-state index in [1.807, 2.05) is 19.9 Å². The summed E-state index contributed by atoms with van der Waals surface area (Å²) in [7, 11) is 0. The first-order chi connectivity index (χ1) is 8.58. The number of aliphatic hydroxyl groups is 1. The predicted molar refractivity (Wildman–Crippen MR) is 81.0 cm³/mol. The number of hydrogen-bond acceptors (Lipinski definition) is 2. The van der Waals surface area contributed by atoms with Gasteiger partial charge in [-0.05, 0) is 67.6 Å². The molecule has 0 aliphatic heterocycles. The van der Waals surface area contributed by atoms with Crippen LogP contribution < -0.4 is 0 Å². The summed E-state index contributed by atoms with van der Waals surface area (Å²) >= 11 is 3.39. The summed E-state index contributed by atoms with van der Waals surface area (Å²) in [4.78, 5) is 4.36. The van der Waals surface area contributed by atoms with E-state index in [2.05, 4.69) is 38.8 Å². The van der Waals surface area contributed by atoms with Crippen LogP contribution in [-0.4, -0.2) is 16.4 Å². The predicted octanol–water partition coefficient (Wildman–Crippen LogP) is 4.28. The van der Waals surface area contributed by atoms with E-state index >= 15 is 0 Å². The second-order valence-electron chi connectivity index (χ2n) is 4.41. The van der Waals surface area contributed by atoms with Crippen LogP contribution in [0.25, 0.3) is 0 Å². The van der Waals surface area contributed by atoms with Crippen molar-refractivity contribution in [3.63, 3.8) is 0 Å². The molecule has 0 aromatic heterocycles. The third kappa shape index (κ3) is 4.77. The Morgan fingerprint density at radius 1 is 1.39 bits per heavy atom. The third-order valence-electron chi connectivity index (χ3n) is 3.06. The number of allylic oxidation sites excluding steroid dienone is 4. The second kappa shape index (κ2) is 7.52. The highest BCUT2D eigenvalue weighted by molar-refractivity contribution is 9.11. The zero-order valence-corrected chi connectivity index (χ0v) is 12.6. The molecule has 1 aliphatic carbocycles. The number of hydrogen-bond donors (Lipinski definition) is 1. The van der Waals surface area contributed by atoms with Crippen LogP contribution in [0.1, 0.15) is 39.5 Å². The summed E-state index contributed by atoms with van der Waals surface area (Å²) in [5.41, 5.74) is 2.97. The monoisotopic (exact) mass is 309 g/mol. The average Bonchev–Trinajstić information content (AvgIpc) is 2.59. The molecule has 18 heavy (non-hydrogen) atoms. The van der Waals surface area contributed by atoms with Gasteiger partial charge in [-0.25, -0.2) is 0 Å². The molecular formula is C15H20BrNO. The maximum Gasteiger partial charge on any atom is 0.103 e. The second-order valence-corrected chi connectivity index (χ2v) is 5.32. The standard InChI is InChI=1S/C15H20BrNO/c1-3-4-9-14(16)12-17-13(2)15(18)10-7-5-6-8-11-15/h3,5-6,9,12,18H,7-8,10-11H2,1-2H3/b14-12+,17-13?. The van der Waals surface area contributed by atoms with E-state index in [9.17, 15) is 5.11 Å². The summed E-state index contributed by atoms with van der Waals surface area (Å²) in [6.45, 7) is 3.80. The van der Waals surface area contributed by atoms with Gasteiger partial charge in [0.2, 0.25) is 0 Å². The van der Waals surface area contributed by atoms with Crippen LogP contribution in [0.2, 0.25) is 0 Å². The average molecular weight is 310 g/mol. The van der Waals surface area contributed by atoms with Crippen molar-refractivity contribution in [1.29, 1.82) is 0 Å². The smallest absolute Gasteiger partial charge is 0.103 e. The van der Waals surface area contributed by atoms with E-state index in [1.165, 1.54) is 0 Å². The van der Waals surface area contributed by atoms with Gasteiger partial charge in [-0.1, -0.05) is 12.2 Å². The van der Waals surface area contributed by atoms with Crippen LogP contribution in [0.4, 0.5) is 0 Å². The van der Waals surface area contributed by atoms with E-state index in [1.54, 1.807) is 12.3 Å². The first-order valence-electron chi connectivity index (χ1n) is 6.23. The SMILES string of the molecule is CC=C=C/C(Br)=C\N=C(C)C1(O)CCC=CCC1. The van der Waals surface area contributed by atoms with Crippen LogP contribution in [0.15, 0.2) is 45.7 Å². The summed E-state index contributed by atoms with van der Waals surface area (Å²) in [6, 6.07) is 0. The van der Waals surface area contributed by atoms with Crippen molar-refractivity contribution >= 4 is 21.6 Å². The third-order valence-corrected chi connectivity index (χ3v) is 3.49. The first-order valence-corrected chi connectivity index (χ1v) is 7.03. The lowest BCUT2D eigenvalue weighted by Crippen LogP contribution is -2.36. The zero-order valence-electron chi connectivity index (χ0n) is 11.0. The van der Waals surface area contributed by atoms with Gasteiger partial charge in [0.25, 0.3) is 0 Å². The fourth-order valence-corrected chi connectivity index (χ4v) is 2.08. The summed E-state index contributed by atoms with van der Waals surface area (Å²) in [5, 5.41) is 10.6. The van der Waals surface area contributed by atoms with Crippen molar-refractivity contribution in [2.75, 3.05) is 0 Å². The summed E-state index contributed by atoms with van der Waals surface area (Å²) in [5.74, 6) is 0. The molecule has 0 saturated carbocycles. The molecule has 0 bridgehead atoms. The molecule has 0 aromatic rings. The Balaban J connectivity index is 2.79. The first kappa shape index (κ1) is 15.2. The molecule has 1 aliphatic rings. The van der Waals surface area contributed by atoms with Crippen LogP contribution in [0.3, 0.4) is 0 Å². The van der Waals surface area contributed by atoms with Gasteiger partial charge in [0.05, 0.1) is 0 Å². The fraction of sp³-hybridized carbons (Fsp3) is 0.467. The fourth-order valence-electron chi connectivity index (χ4n) is 1.85. The van der Waals surface area contributed by atoms with E-state index in [4.69, 9.17) is 0 Å². The molecule has 0 atom stereocenters. The molecule has 0 radical (unpaired) electrons. The number of aliphatic imine (C=N–C) groups is 1. The molecule has 0 amide bonds. The number of halogens is 1. The highest BCUT2D eigenvalue weighted by atomic mass is 79.9. The Morgan fingerprint density at radius 2 is 2.00 bits per heavy atom. The Kier molecular flexibility index (Phi) is 6.34. The van der Waals surface area contributed by atoms with Gasteiger partial charge in [0, 0.05) is 16.4 Å². The zero-order chi connectivity index (χ0) is 13.4. The quantitative estimate of drug-likeness (QED) is 0.359. The molecule has 0 spiro atoms. The van der Waals surface area contributed by atoms with Gasteiger partial charge in [-0.3, -0.25) is 4.99 Å². The number of nitrogens with zero attached hydrogens (tertiary/aromatic N) is 1. The van der Waals surface area contributed by atoms with Crippen LogP contribution in [-0.2, 0) is 0 Å². The summed E-state index contributed by atoms with van der Waals surface area (Å²) < 4.78 is 0.843. The largest absolute Gasteiger partial charge is 0.384 e. The van der Waals surface area contributed by atoms with E-state index in [0.717, 1.165) is 35.9 Å². The molecule has 1 rings (SSSR count). The topological polar surface area (TPSA) is 32.6 Å². The van der Waals surface area contributed by atoms with Gasteiger partial charge in [0.1, 0.15) is 5.60 Å². The maximum absolute atomic E-state index is 10.6. The summed E-state index contributed by atoms with van der Waals surface area (Å²) in [6.07, 6.45) is 12.9. The lowest BCUT2D eigenvalue weighted by molar-refractivity contribution is 0.0962. The molecule has 0 aromatic carbocycles. The van der Waals surface area contributed by atoms with Crippen molar-refractivity contribution in [3.05, 3.63) is 40.7 Å². The normalized spacial score (nSPS) is 20.0. The molecule has 0 unspecified atom stereocenters. The minimum atomic E-state index is -0.766. The Morgan fingerprint density at radius 3 is 2.56 bits per heavy atom. The number of rotatable bonds is 3. The van der Waals surface area contributed by atoms with Crippen molar-refractivity contribution in [2.45, 2.75) is 45.1 Å². The minimum Gasteiger partial charge on any atom is -0.384 e. The molecular weight excluding hydrogens is 290 g/mol. The lowest BCUT2D eigenvalue weighted by atomic mass is 9.89. The molecule has 0 saturated heterocycles. The maximum atomic E-state index is 10.6. The van der Waals surface area contributed by atoms with Gasteiger partial charge < -0.3 is 5.11 Å². The molecule has 0 fully saturated rings. The molecule has 1 N–H and O–H groups in total. The van der Waals surface area contributed by atoms with Crippen LogP contribution in [0, 0.1) is 0 Å². The Hall–Kier alpha value is -0.890. The van der Waals surface area contributed by atoms with E-state index < -0.39 is 5.60 Å². The van der Waals surface area contributed by atoms with Crippen molar-refractivity contribution in [3.8, 4) is 0 Å². The molecule has 0 heterocycles. The minimum absolute atomic E-state index is 0.745. The Bertz CT molecular complexity index is 416.